The molecule has 1 heterocycles. The number of nitrogens with zero attached hydrogens (tertiary/aromatic N) is 1. The van der Waals surface area contributed by atoms with Crippen LogP contribution in [0.2, 0.25) is 0 Å². The summed E-state index contributed by atoms with van der Waals surface area (Å²) in [4.78, 5) is 15.0. The van der Waals surface area contributed by atoms with Crippen LogP contribution in [0.25, 0.3) is 0 Å². The molecule has 1 unspecified atom stereocenters. The van der Waals surface area contributed by atoms with Crippen LogP contribution in [0.5, 0.6) is 0 Å². The lowest BCUT2D eigenvalue weighted by atomic mass is 10.0. The normalized spacial score (nSPS) is 17.4. The average Bonchev–Trinajstić information content (AvgIpc) is 2.63. The van der Waals surface area contributed by atoms with Crippen molar-refractivity contribution < 1.29 is 9.18 Å². The summed E-state index contributed by atoms with van der Waals surface area (Å²) in [6.45, 7) is 6.01. The van der Waals surface area contributed by atoms with Gasteiger partial charge >= 0.3 is 0 Å². The van der Waals surface area contributed by atoms with Crippen LogP contribution >= 0.6 is 0 Å². The van der Waals surface area contributed by atoms with Gasteiger partial charge in [0, 0.05) is 31.2 Å². The van der Waals surface area contributed by atoms with Crippen LogP contribution < -0.4 is 16.4 Å². The molecule has 1 amide bonds. The third-order valence-corrected chi connectivity index (χ3v) is 4.50. The third-order valence-electron chi connectivity index (χ3n) is 4.50. The summed E-state index contributed by atoms with van der Waals surface area (Å²) in [5.74, 6) is -0.328. The van der Waals surface area contributed by atoms with Gasteiger partial charge in [0.1, 0.15) is 5.82 Å². The maximum atomic E-state index is 13.2. The van der Waals surface area contributed by atoms with Gasteiger partial charge in [-0.05, 0) is 49.7 Å². The lowest BCUT2D eigenvalue weighted by Crippen LogP contribution is -2.48. The Balaban J connectivity index is 1.88. The van der Waals surface area contributed by atoms with Gasteiger partial charge in [-0.25, -0.2) is 4.39 Å². The molecule has 2 aromatic rings. The van der Waals surface area contributed by atoms with Gasteiger partial charge in [0.25, 0.3) is 5.91 Å². The molecule has 26 heavy (non-hydrogen) atoms. The van der Waals surface area contributed by atoms with Crippen molar-refractivity contribution in [3.63, 3.8) is 0 Å². The lowest BCUT2D eigenvalue weighted by molar-refractivity contribution is 0.0634. The summed E-state index contributed by atoms with van der Waals surface area (Å²) in [7, 11) is 0. The van der Waals surface area contributed by atoms with E-state index in [2.05, 4.69) is 10.6 Å². The maximum absolute atomic E-state index is 13.2. The highest BCUT2D eigenvalue weighted by molar-refractivity contribution is 5.96. The van der Waals surface area contributed by atoms with Crippen LogP contribution in [-0.2, 0) is 0 Å². The topological polar surface area (TPSA) is 70.4 Å². The molecule has 1 saturated heterocycles. The van der Waals surface area contributed by atoms with E-state index in [1.807, 2.05) is 18.7 Å². The van der Waals surface area contributed by atoms with Crippen LogP contribution in [0, 0.1) is 5.82 Å². The first-order valence-electron chi connectivity index (χ1n) is 8.89. The first kappa shape index (κ1) is 18.2. The van der Waals surface area contributed by atoms with Crippen LogP contribution in [-0.4, -0.2) is 36.5 Å². The van der Waals surface area contributed by atoms with Crippen LogP contribution in [0.15, 0.2) is 42.5 Å². The molecule has 1 aliphatic rings. The molecule has 6 heteroatoms. The van der Waals surface area contributed by atoms with Gasteiger partial charge in [-0.1, -0.05) is 12.1 Å². The molecule has 0 aliphatic carbocycles. The fraction of sp³-hybridized carbons (Fsp3) is 0.350. The maximum Gasteiger partial charge on any atom is 0.254 e. The second-order valence-electron chi connectivity index (χ2n) is 6.87. The number of carbonyl (C=O) groups is 1. The van der Waals surface area contributed by atoms with Crippen LogP contribution in [0.4, 0.5) is 15.8 Å². The zero-order valence-corrected chi connectivity index (χ0v) is 15.1. The average molecular weight is 356 g/mol. The molecule has 5 nitrogen and oxygen atoms in total. The molecule has 3 rings (SSSR count). The lowest BCUT2D eigenvalue weighted by Gasteiger charge is -2.36. The van der Waals surface area contributed by atoms with E-state index in [-0.39, 0.29) is 23.8 Å². The smallest absolute Gasteiger partial charge is 0.254 e. The molecule has 0 radical (unpaired) electrons. The molecule has 0 spiro atoms. The minimum Gasteiger partial charge on any atom is -0.397 e. The molecule has 1 fully saturated rings. The van der Waals surface area contributed by atoms with Gasteiger partial charge in [0.05, 0.1) is 17.4 Å². The third kappa shape index (κ3) is 3.96. The predicted octanol–water partition coefficient (Wildman–Crippen LogP) is 3.01. The number of anilines is 2. The quantitative estimate of drug-likeness (QED) is 0.737. The number of rotatable bonds is 4. The summed E-state index contributed by atoms with van der Waals surface area (Å²) in [5.41, 5.74) is 8.91. The number of halogens is 1. The second kappa shape index (κ2) is 7.74. The van der Waals surface area contributed by atoms with Crippen molar-refractivity contribution in [2.45, 2.75) is 25.9 Å². The fourth-order valence-corrected chi connectivity index (χ4v) is 3.22. The Morgan fingerprint density at radius 3 is 2.69 bits per heavy atom. The molecule has 1 aliphatic heterocycles. The largest absolute Gasteiger partial charge is 0.397 e. The number of nitrogen functional groups attached to an aromatic ring is 1. The Morgan fingerprint density at radius 1 is 1.27 bits per heavy atom. The standard InChI is InChI=1S/C20H25FN4O/c1-13(2)24-18-11-15(5-8-17(18)22)20(26)25-10-9-23-12-19(25)14-3-6-16(21)7-4-14/h3-8,11,13,19,23-24H,9-10,12,22H2,1-2H3. The second-order valence-corrected chi connectivity index (χ2v) is 6.87. The monoisotopic (exact) mass is 356 g/mol. The van der Waals surface area contributed by atoms with Gasteiger partial charge in [-0.2, -0.15) is 0 Å². The molecule has 2 aromatic carbocycles. The number of nitrogens with two attached hydrogens (primary N) is 1. The first-order valence-corrected chi connectivity index (χ1v) is 8.89. The highest BCUT2D eigenvalue weighted by Gasteiger charge is 2.29. The van der Waals surface area contributed by atoms with Gasteiger partial charge in [-0.3, -0.25) is 4.79 Å². The number of piperazine rings is 1. The zero-order valence-electron chi connectivity index (χ0n) is 15.1. The van der Waals surface area contributed by atoms with Crippen molar-refractivity contribution in [3.8, 4) is 0 Å². The molecular formula is C20H25FN4O. The van der Waals surface area contributed by atoms with Crippen LogP contribution in [0.3, 0.4) is 0 Å². The number of carbonyl (C=O) groups excluding carboxylic acids is 1. The van der Waals surface area contributed by atoms with E-state index in [1.54, 1.807) is 30.3 Å². The van der Waals surface area contributed by atoms with Gasteiger partial charge in [-0.15, -0.1) is 0 Å². The number of nitrogens with one attached hydrogen (secondary N) is 2. The summed E-state index contributed by atoms with van der Waals surface area (Å²) < 4.78 is 13.2. The minimum atomic E-state index is -0.279. The zero-order chi connectivity index (χ0) is 18.7. The molecular weight excluding hydrogens is 331 g/mol. The van der Waals surface area contributed by atoms with Crippen LogP contribution in [0.1, 0.15) is 35.8 Å². The Kier molecular flexibility index (Phi) is 5.42. The van der Waals surface area contributed by atoms with E-state index in [0.29, 0.717) is 24.3 Å². The predicted molar refractivity (Wildman–Crippen MR) is 103 cm³/mol. The molecule has 0 saturated carbocycles. The van der Waals surface area contributed by atoms with Crippen molar-refractivity contribution in [1.29, 1.82) is 0 Å². The molecule has 0 bridgehead atoms. The van der Waals surface area contributed by atoms with Crippen molar-refractivity contribution in [2.75, 3.05) is 30.7 Å². The van der Waals surface area contributed by atoms with E-state index >= 15 is 0 Å². The SMILES string of the molecule is CC(C)Nc1cc(C(=O)N2CCNCC2c2ccc(F)cc2)ccc1N. The number of amides is 1. The van der Waals surface area contributed by atoms with Gasteiger partial charge in [0.2, 0.25) is 0 Å². The summed E-state index contributed by atoms with van der Waals surface area (Å²) in [5, 5.41) is 6.58. The Bertz CT molecular complexity index is 776. The van der Waals surface area contributed by atoms with E-state index in [1.165, 1.54) is 12.1 Å². The van der Waals surface area contributed by atoms with Crippen molar-refractivity contribution in [2.24, 2.45) is 0 Å². The number of benzene rings is 2. The minimum absolute atomic E-state index is 0.0485. The van der Waals surface area contributed by atoms with Crippen molar-refractivity contribution in [1.82, 2.24) is 10.2 Å². The Labute approximate surface area is 153 Å². The molecule has 0 aromatic heterocycles. The van der Waals surface area contributed by atoms with E-state index in [0.717, 1.165) is 17.8 Å². The Hall–Kier alpha value is -2.60. The van der Waals surface area contributed by atoms with E-state index in [4.69, 9.17) is 5.73 Å². The summed E-state index contributed by atoms with van der Waals surface area (Å²) >= 11 is 0. The van der Waals surface area contributed by atoms with E-state index < -0.39 is 0 Å². The summed E-state index contributed by atoms with van der Waals surface area (Å²) in [6.07, 6.45) is 0. The Morgan fingerprint density at radius 2 is 2.00 bits per heavy atom. The number of hydrogen-bond acceptors (Lipinski definition) is 4. The van der Waals surface area contributed by atoms with Crippen molar-refractivity contribution in [3.05, 3.63) is 59.4 Å². The summed E-state index contributed by atoms with van der Waals surface area (Å²) in [6, 6.07) is 11.7. The fourth-order valence-electron chi connectivity index (χ4n) is 3.22. The highest BCUT2D eigenvalue weighted by Crippen LogP contribution is 2.27. The molecule has 4 N–H and O–H groups in total. The highest BCUT2D eigenvalue weighted by atomic mass is 19.1. The number of hydrogen-bond donors (Lipinski definition) is 3. The van der Waals surface area contributed by atoms with Gasteiger partial charge < -0.3 is 21.3 Å². The van der Waals surface area contributed by atoms with Gasteiger partial charge in [0.15, 0.2) is 0 Å². The van der Waals surface area contributed by atoms with Crippen molar-refractivity contribution >= 4 is 17.3 Å². The first-order chi connectivity index (χ1) is 12.5. The molecule has 1 atom stereocenters. The van der Waals surface area contributed by atoms with E-state index in [9.17, 15) is 9.18 Å². The molecule has 138 valence electrons.